The molecule has 0 unspecified atom stereocenters. The van der Waals surface area contributed by atoms with Crippen molar-refractivity contribution in [3.05, 3.63) is 5.89 Å². The van der Waals surface area contributed by atoms with E-state index in [9.17, 15) is 13.2 Å². The average Bonchev–Trinajstić information content (AvgIpc) is 3.11. The van der Waals surface area contributed by atoms with Crippen LogP contribution < -0.4 is 0 Å². The Morgan fingerprint density at radius 3 is 2.56 bits per heavy atom. The van der Waals surface area contributed by atoms with Crippen molar-refractivity contribution in [3.63, 3.8) is 0 Å². The first-order chi connectivity index (χ1) is 12.0. The van der Waals surface area contributed by atoms with Crippen molar-refractivity contribution in [2.45, 2.75) is 50.2 Å². The Morgan fingerprint density at radius 2 is 1.88 bits per heavy atom. The molecule has 2 saturated heterocycles. The van der Waals surface area contributed by atoms with Gasteiger partial charge in [-0.2, -0.15) is 0 Å². The van der Waals surface area contributed by atoms with Crippen LogP contribution in [0.15, 0.2) is 9.64 Å². The number of hydrogen-bond acceptors (Lipinski definition) is 7. The molecule has 0 aromatic carbocycles. The van der Waals surface area contributed by atoms with Crippen LogP contribution in [0.4, 0.5) is 0 Å². The fourth-order valence-electron chi connectivity index (χ4n) is 3.37. The van der Waals surface area contributed by atoms with Crippen molar-refractivity contribution in [1.82, 2.24) is 15.1 Å². The summed E-state index contributed by atoms with van der Waals surface area (Å²) in [6.45, 7) is 1.68. The van der Waals surface area contributed by atoms with Gasteiger partial charge in [0.2, 0.25) is 11.8 Å². The Balaban J connectivity index is 1.45. The Hall–Kier alpha value is -1.09. The zero-order valence-electron chi connectivity index (χ0n) is 14.4. The van der Waals surface area contributed by atoms with Crippen LogP contribution in [-0.2, 0) is 21.1 Å². The van der Waals surface area contributed by atoms with Gasteiger partial charge < -0.3 is 9.32 Å². The van der Waals surface area contributed by atoms with Crippen LogP contribution in [0.3, 0.4) is 0 Å². The monoisotopic (exact) mass is 387 g/mol. The molecule has 3 rings (SSSR count). The number of aromatic nitrogens is 2. The average molecular weight is 388 g/mol. The number of sulfone groups is 1. The second-order valence-corrected chi connectivity index (χ2v) is 10.0. The number of rotatable bonds is 5. The van der Waals surface area contributed by atoms with Crippen LogP contribution in [0.25, 0.3) is 0 Å². The van der Waals surface area contributed by atoms with Gasteiger partial charge in [0.05, 0.1) is 17.3 Å². The van der Waals surface area contributed by atoms with Crippen molar-refractivity contribution in [2.24, 2.45) is 5.92 Å². The normalized spacial score (nSPS) is 24.0. The molecule has 0 aliphatic carbocycles. The molecule has 25 heavy (non-hydrogen) atoms. The molecule has 1 amide bonds. The highest BCUT2D eigenvalue weighted by molar-refractivity contribution is 7.99. The minimum absolute atomic E-state index is 0.0611. The Bertz CT molecular complexity index is 681. The molecular formula is C16H25N3O4S2. The molecule has 3 heterocycles. The van der Waals surface area contributed by atoms with Crippen LogP contribution in [0, 0.1) is 5.92 Å². The number of carbonyl (C=O) groups is 1. The number of hydrogen-bond donors (Lipinski definition) is 0. The first kappa shape index (κ1) is 18.7. The molecule has 2 aliphatic rings. The number of amides is 1. The van der Waals surface area contributed by atoms with E-state index in [1.165, 1.54) is 31.0 Å². The highest BCUT2D eigenvalue weighted by Crippen LogP contribution is 2.24. The fourth-order valence-corrected chi connectivity index (χ4v) is 5.92. The summed E-state index contributed by atoms with van der Waals surface area (Å²) in [5.74, 6) is 1.39. The molecule has 0 spiro atoms. The minimum atomic E-state index is -2.89. The molecule has 1 aromatic heterocycles. The first-order valence-electron chi connectivity index (χ1n) is 8.95. The molecule has 9 heteroatoms. The predicted molar refractivity (Wildman–Crippen MR) is 95.2 cm³/mol. The smallest absolute Gasteiger partial charge is 0.277 e. The summed E-state index contributed by atoms with van der Waals surface area (Å²) in [5.41, 5.74) is 0. The molecule has 2 fully saturated rings. The van der Waals surface area contributed by atoms with Gasteiger partial charge in [-0.05, 0) is 25.2 Å². The minimum Gasteiger partial charge on any atom is -0.416 e. The Morgan fingerprint density at radius 1 is 1.16 bits per heavy atom. The van der Waals surface area contributed by atoms with E-state index in [-0.39, 0.29) is 23.3 Å². The SMILES string of the molecule is O=C(CSc1nnc(C[C@@H]2CCS(=O)(=O)C2)o1)N1CCCCCCC1. The van der Waals surface area contributed by atoms with Crippen molar-refractivity contribution < 1.29 is 17.6 Å². The maximum absolute atomic E-state index is 12.3. The van der Waals surface area contributed by atoms with E-state index in [0.29, 0.717) is 29.7 Å². The Labute approximate surface area is 152 Å². The van der Waals surface area contributed by atoms with Gasteiger partial charge in [0.25, 0.3) is 5.22 Å². The molecule has 140 valence electrons. The summed E-state index contributed by atoms with van der Waals surface area (Å²) in [6.07, 6.45) is 6.95. The highest BCUT2D eigenvalue weighted by atomic mass is 32.2. The number of likely N-dealkylation sites (tertiary alicyclic amines) is 1. The van der Waals surface area contributed by atoms with Crippen LogP contribution in [0.1, 0.15) is 44.4 Å². The lowest BCUT2D eigenvalue weighted by Crippen LogP contribution is -2.35. The van der Waals surface area contributed by atoms with Crippen LogP contribution >= 0.6 is 11.8 Å². The van der Waals surface area contributed by atoms with Crippen LogP contribution in [-0.4, -0.2) is 59.8 Å². The second kappa shape index (κ2) is 8.53. The van der Waals surface area contributed by atoms with Crippen molar-refractivity contribution in [3.8, 4) is 0 Å². The van der Waals surface area contributed by atoms with Gasteiger partial charge in [0, 0.05) is 19.5 Å². The second-order valence-electron chi connectivity index (χ2n) is 6.87. The van der Waals surface area contributed by atoms with Crippen molar-refractivity contribution >= 4 is 27.5 Å². The van der Waals surface area contributed by atoms with Gasteiger partial charge in [-0.25, -0.2) is 8.42 Å². The van der Waals surface area contributed by atoms with Gasteiger partial charge in [-0.3, -0.25) is 4.79 Å². The summed E-state index contributed by atoms with van der Waals surface area (Å²) in [6, 6.07) is 0. The quantitative estimate of drug-likeness (QED) is 0.713. The molecule has 1 atom stereocenters. The molecule has 0 bridgehead atoms. The van der Waals surface area contributed by atoms with E-state index >= 15 is 0 Å². The van der Waals surface area contributed by atoms with Gasteiger partial charge in [-0.15, -0.1) is 10.2 Å². The molecule has 0 radical (unpaired) electrons. The fraction of sp³-hybridized carbons (Fsp3) is 0.812. The predicted octanol–water partition coefficient (Wildman–Crippen LogP) is 1.93. The molecule has 2 aliphatic heterocycles. The van der Waals surface area contributed by atoms with Crippen molar-refractivity contribution in [1.29, 1.82) is 0 Å². The summed E-state index contributed by atoms with van der Waals surface area (Å²) >= 11 is 1.26. The number of thioether (sulfide) groups is 1. The van der Waals surface area contributed by atoms with E-state index < -0.39 is 9.84 Å². The molecular weight excluding hydrogens is 362 g/mol. The summed E-state index contributed by atoms with van der Waals surface area (Å²) in [7, 11) is -2.89. The lowest BCUT2D eigenvalue weighted by molar-refractivity contribution is -0.128. The first-order valence-corrected chi connectivity index (χ1v) is 11.8. The lowest BCUT2D eigenvalue weighted by atomic mass is 10.1. The maximum atomic E-state index is 12.3. The molecule has 1 aromatic rings. The summed E-state index contributed by atoms with van der Waals surface area (Å²) in [5, 5.41) is 8.34. The maximum Gasteiger partial charge on any atom is 0.277 e. The molecule has 0 saturated carbocycles. The zero-order valence-corrected chi connectivity index (χ0v) is 16.0. The standard InChI is InChI=1S/C16H25N3O4S2/c20-15(19-7-4-2-1-3-5-8-19)11-24-16-18-17-14(23-16)10-13-6-9-25(21,22)12-13/h13H,1-12H2/t13-/m0/s1. The van der Waals surface area contributed by atoms with Gasteiger partial charge in [0.1, 0.15) is 0 Å². The number of nitrogens with zero attached hydrogens (tertiary/aromatic N) is 3. The third kappa shape index (κ3) is 5.70. The third-order valence-electron chi connectivity index (χ3n) is 4.77. The van der Waals surface area contributed by atoms with E-state index in [1.807, 2.05) is 4.90 Å². The van der Waals surface area contributed by atoms with Crippen LogP contribution in [0.2, 0.25) is 0 Å². The third-order valence-corrected chi connectivity index (χ3v) is 7.41. The lowest BCUT2D eigenvalue weighted by Gasteiger charge is -2.24. The van der Waals surface area contributed by atoms with E-state index in [1.54, 1.807) is 0 Å². The van der Waals surface area contributed by atoms with E-state index in [2.05, 4.69) is 10.2 Å². The summed E-state index contributed by atoms with van der Waals surface area (Å²) < 4.78 is 28.6. The van der Waals surface area contributed by atoms with Crippen LogP contribution in [0.5, 0.6) is 0 Å². The Kier molecular flexibility index (Phi) is 6.38. The van der Waals surface area contributed by atoms with Gasteiger partial charge in [-0.1, -0.05) is 31.0 Å². The summed E-state index contributed by atoms with van der Waals surface area (Å²) in [4.78, 5) is 14.3. The highest BCUT2D eigenvalue weighted by Gasteiger charge is 2.29. The number of carbonyl (C=O) groups excluding carboxylic acids is 1. The zero-order chi connectivity index (χ0) is 17.7. The molecule has 0 N–H and O–H groups in total. The topological polar surface area (TPSA) is 93.4 Å². The van der Waals surface area contributed by atoms with E-state index in [0.717, 1.165) is 25.9 Å². The van der Waals surface area contributed by atoms with Crippen molar-refractivity contribution in [2.75, 3.05) is 30.3 Å². The van der Waals surface area contributed by atoms with Gasteiger partial charge in [0.15, 0.2) is 9.84 Å². The molecule has 7 nitrogen and oxygen atoms in total. The van der Waals surface area contributed by atoms with E-state index in [4.69, 9.17) is 4.42 Å². The largest absolute Gasteiger partial charge is 0.416 e. The van der Waals surface area contributed by atoms with Gasteiger partial charge >= 0.3 is 0 Å².